The fraction of sp³-hybridized carbons (Fsp3) is 0.385. The molecule has 0 amide bonds. The van der Waals surface area contributed by atoms with Gasteiger partial charge in [-0.2, -0.15) is 5.10 Å². The topological polar surface area (TPSA) is 64.3 Å². The van der Waals surface area contributed by atoms with Crippen molar-refractivity contribution in [2.24, 2.45) is 0 Å². The zero-order valence-corrected chi connectivity index (χ0v) is 11.5. The van der Waals surface area contributed by atoms with E-state index in [1.807, 2.05) is 19.1 Å². The van der Waals surface area contributed by atoms with E-state index in [-0.39, 0.29) is 18.8 Å². The van der Waals surface area contributed by atoms with E-state index in [0.717, 1.165) is 10.6 Å². The summed E-state index contributed by atoms with van der Waals surface area (Å²) >= 11 is 1.65. The summed E-state index contributed by atoms with van der Waals surface area (Å²) in [6.45, 7) is 3.04. The maximum atomic E-state index is 11.7. The van der Waals surface area contributed by atoms with Gasteiger partial charge in [-0.3, -0.25) is 4.79 Å². The van der Waals surface area contributed by atoms with Gasteiger partial charge in [-0.05, 0) is 25.1 Å². The molecule has 0 aliphatic heterocycles. The van der Waals surface area contributed by atoms with Gasteiger partial charge in [-0.15, -0.1) is 11.3 Å². The van der Waals surface area contributed by atoms with Gasteiger partial charge in [0.05, 0.1) is 31.2 Å². The number of aliphatic hydroxyl groups excluding tert-OH is 1. The lowest BCUT2D eigenvalue weighted by Crippen LogP contribution is -2.24. The second-order valence-electron chi connectivity index (χ2n) is 4.03. The highest BCUT2D eigenvalue weighted by Gasteiger charge is 2.05. The molecule has 0 aliphatic rings. The first-order valence-corrected chi connectivity index (χ1v) is 6.86. The largest absolute Gasteiger partial charge is 0.394 e. The van der Waals surface area contributed by atoms with Crippen LogP contribution in [0.25, 0.3) is 10.6 Å². The Morgan fingerprint density at radius 2 is 2.16 bits per heavy atom. The average Bonchev–Trinajstić information content (AvgIpc) is 2.83. The van der Waals surface area contributed by atoms with Crippen LogP contribution in [-0.2, 0) is 11.3 Å². The minimum Gasteiger partial charge on any atom is -0.394 e. The second kappa shape index (κ2) is 6.60. The van der Waals surface area contributed by atoms with Gasteiger partial charge in [0.25, 0.3) is 5.56 Å². The second-order valence-corrected chi connectivity index (χ2v) is 5.31. The van der Waals surface area contributed by atoms with E-state index in [9.17, 15) is 4.79 Å². The Morgan fingerprint density at radius 3 is 2.84 bits per heavy atom. The van der Waals surface area contributed by atoms with Gasteiger partial charge in [0.1, 0.15) is 5.69 Å². The number of aliphatic hydroxyl groups is 1. The highest BCUT2D eigenvalue weighted by Crippen LogP contribution is 2.24. The molecule has 0 unspecified atom stereocenters. The van der Waals surface area contributed by atoms with Gasteiger partial charge in [0, 0.05) is 10.9 Å². The molecule has 0 atom stereocenters. The number of hydrogen-bond acceptors (Lipinski definition) is 5. The summed E-state index contributed by atoms with van der Waals surface area (Å²) < 4.78 is 6.53. The standard InChI is InChI=1S/C13H16N2O3S/c1-10-2-4-12(19-10)11-3-5-13(17)15(14-11)6-8-18-9-7-16/h2-5,16H,6-9H2,1H3. The number of aryl methyl sites for hydroxylation is 1. The van der Waals surface area contributed by atoms with Crippen molar-refractivity contribution >= 4 is 11.3 Å². The van der Waals surface area contributed by atoms with Gasteiger partial charge >= 0.3 is 0 Å². The molecule has 0 saturated heterocycles. The Labute approximate surface area is 115 Å². The molecule has 2 aromatic heterocycles. The molecule has 2 rings (SSSR count). The maximum absolute atomic E-state index is 11.7. The molecule has 0 aromatic carbocycles. The third-order valence-corrected chi connectivity index (χ3v) is 3.57. The smallest absolute Gasteiger partial charge is 0.266 e. The minimum atomic E-state index is -0.148. The van der Waals surface area contributed by atoms with Crippen molar-refractivity contribution in [1.82, 2.24) is 9.78 Å². The van der Waals surface area contributed by atoms with Crippen LogP contribution in [-0.4, -0.2) is 34.7 Å². The number of hydrogen-bond donors (Lipinski definition) is 1. The molecule has 2 heterocycles. The predicted molar refractivity (Wildman–Crippen MR) is 74.5 cm³/mol. The minimum absolute atomic E-state index is 0.0170. The summed E-state index contributed by atoms with van der Waals surface area (Å²) in [4.78, 5) is 13.9. The van der Waals surface area contributed by atoms with Crippen LogP contribution < -0.4 is 5.56 Å². The van der Waals surface area contributed by atoms with Crippen LogP contribution in [0.2, 0.25) is 0 Å². The van der Waals surface area contributed by atoms with Gasteiger partial charge < -0.3 is 9.84 Å². The van der Waals surface area contributed by atoms with Crippen molar-refractivity contribution < 1.29 is 9.84 Å². The van der Waals surface area contributed by atoms with E-state index in [1.165, 1.54) is 15.6 Å². The van der Waals surface area contributed by atoms with Crippen LogP contribution in [0.3, 0.4) is 0 Å². The van der Waals surface area contributed by atoms with Crippen LogP contribution >= 0.6 is 11.3 Å². The van der Waals surface area contributed by atoms with E-state index in [4.69, 9.17) is 9.84 Å². The molecule has 0 bridgehead atoms. The summed E-state index contributed by atoms with van der Waals surface area (Å²) in [6.07, 6.45) is 0. The van der Waals surface area contributed by atoms with Crippen LogP contribution in [0.1, 0.15) is 4.88 Å². The van der Waals surface area contributed by atoms with Crippen molar-refractivity contribution in [3.05, 3.63) is 39.5 Å². The van der Waals surface area contributed by atoms with E-state index >= 15 is 0 Å². The molecule has 0 aliphatic carbocycles. The van der Waals surface area contributed by atoms with Gasteiger partial charge in [-0.1, -0.05) is 0 Å². The molecule has 1 N–H and O–H groups in total. The lowest BCUT2D eigenvalue weighted by molar-refractivity contribution is 0.0847. The fourth-order valence-corrected chi connectivity index (χ4v) is 2.46. The average molecular weight is 280 g/mol. The molecule has 102 valence electrons. The zero-order valence-electron chi connectivity index (χ0n) is 10.7. The Balaban J connectivity index is 2.13. The van der Waals surface area contributed by atoms with Crippen LogP contribution in [0, 0.1) is 6.92 Å². The summed E-state index contributed by atoms with van der Waals surface area (Å²) in [5, 5.41) is 12.9. The van der Waals surface area contributed by atoms with Crippen LogP contribution in [0.4, 0.5) is 0 Å². The number of rotatable bonds is 6. The molecule has 0 saturated carbocycles. The molecular weight excluding hydrogens is 264 g/mol. The number of thiophene rings is 1. The highest BCUT2D eigenvalue weighted by molar-refractivity contribution is 7.15. The van der Waals surface area contributed by atoms with Crippen molar-refractivity contribution in [3.63, 3.8) is 0 Å². The molecule has 6 heteroatoms. The van der Waals surface area contributed by atoms with E-state index < -0.39 is 0 Å². The van der Waals surface area contributed by atoms with Crippen molar-refractivity contribution in [2.75, 3.05) is 19.8 Å². The zero-order chi connectivity index (χ0) is 13.7. The molecule has 0 spiro atoms. The summed E-state index contributed by atoms with van der Waals surface area (Å²) in [5.74, 6) is 0. The Morgan fingerprint density at radius 1 is 1.32 bits per heavy atom. The number of nitrogens with zero attached hydrogens (tertiary/aromatic N) is 2. The normalized spacial score (nSPS) is 10.8. The van der Waals surface area contributed by atoms with E-state index in [2.05, 4.69) is 5.10 Å². The molecule has 0 radical (unpaired) electrons. The first-order chi connectivity index (χ1) is 9.20. The first kappa shape index (κ1) is 13.9. The third kappa shape index (κ3) is 3.73. The number of ether oxygens (including phenoxy) is 1. The maximum Gasteiger partial charge on any atom is 0.266 e. The number of aromatic nitrogens is 2. The van der Waals surface area contributed by atoms with E-state index in [0.29, 0.717) is 13.2 Å². The van der Waals surface area contributed by atoms with Crippen molar-refractivity contribution in [3.8, 4) is 10.6 Å². The Bertz CT molecular complexity index is 592. The first-order valence-electron chi connectivity index (χ1n) is 6.04. The lowest BCUT2D eigenvalue weighted by Gasteiger charge is -2.06. The highest BCUT2D eigenvalue weighted by atomic mass is 32.1. The molecule has 0 fully saturated rings. The quantitative estimate of drug-likeness (QED) is 0.810. The van der Waals surface area contributed by atoms with Crippen LogP contribution in [0.5, 0.6) is 0 Å². The van der Waals surface area contributed by atoms with Gasteiger partial charge in [-0.25, -0.2) is 4.68 Å². The van der Waals surface area contributed by atoms with E-state index in [1.54, 1.807) is 17.4 Å². The van der Waals surface area contributed by atoms with Crippen molar-refractivity contribution in [2.45, 2.75) is 13.5 Å². The molecular formula is C13H16N2O3S. The van der Waals surface area contributed by atoms with Gasteiger partial charge in [0.15, 0.2) is 0 Å². The summed E-state index contributed by atoms with van der Waals surface area (Å²) in [7, 11) is 0. The summed E-state index contributed by atoms with van der Waals surface area (Å²) in [5.41, 5.74) is 0.643. The monoisotopic (exact) mass is 280 g/mol. The SMILES string of the molecule is Cc1ccc(-c2ccc(=O)n(CCOCCO)n2)s1. The molecule has 19 heavy (non-hydrogen) atoms. The predicted octanol–water partition coefficient (Wildman–Crippen LogP) is 1.29. The van der Waals surface area contributed by atoms with Crippen LogP contribution in [0.15, 0.2) is 29.1 Å². The fourth-order valence-electron chi connectivity index (χ4n) is 1.63. The molecule has 2 aromatic rings. The molecule has 5 nitrogen and oxygen atoms in total. The Kier molecular flexibility index (Phi) is 4.84. The third-order valence-electron chi connectivity index (χ3n) is 2.54. The van der Waals surface area contributed by atoms with Gasteiger partial charge in [0.2, 0.25) is 0 Å². The Hall–Kier alpha value is -1.50. The van der Waals surface area contributed by atoms with Crippen molar-refractivity contribution in [1.29, 1.82) is 0 Å². The summed E-state index contributed by atoms with van der Waals surface area (Å²) in [6, 6.07) is 7.28. The lowest BCUT2D eigenvalue weighted by atomic mass is 10.3.